The van der Waals surface area contributed by atoms with Gasteiger partial charge in [0, 0.05) is 0 Å². The minimum absolute atomic E-state index is 0.147. The average Bonchev–Trinajstić information content (AvgIpc) is 2.76. The molecule has 0 bridgehead atoms. The van der Waals surface area contributed by atoms with E-state index in [9.17, 15) is 15.0 Å². The number of rotatable bonds is 5. The molecule has 2 unspecified atom stereocenters. The number of carboxylic acid groups (broad SMARTS) is 1. The van der Waals surface area contributed by atoms with Crippen molar-refractivity contribution in [3.63, 3.8) is 0 Å². The predicted octanol–water partition coefficient (Wildman–Crippen LogP) is 1.74. The quantitative estimate of drug-likeness (QED) is 0.834. The van der Waals surface area contributed by atoms with Gasteiger partial charge in [0.1, 0.15) is 5.92 Å². The number of carboxylic acids is 1. The van der Waals surface area contributed by atoms with Gasteiger partial charge in [-0.15, -0.1) is 0 Å². The molecule has 2 atom stereocenters. The van der Waals surface area contributed by atoms with Crippen LogP contribution in [0.4, 0.5) is 0 Å². The van der Waals surface area contributed by atoms with Crippen molar-refractivity contribution < 1.29 is 24.5 Å². The van der Waals surface area contributed by atoms with Crippen LogP contribution in [0.5, 0.6) is 11.5 Å². The molecule has 0 radical (unpaired) electrons. The van der Waals surface area contributed by atoms with Gasteiger partial charge in [-0.2, -0.15) is 0 Å². The Morgan fingerprint density at radius 1 is 1.39 bits per heavy atom. The van der Waals surface area contributed by atoms with Crippen LogP contribution in [0.3, 0.4) is 0 Å². The van der Waals surface area contributed by atoms with E-state index in [1.165, 1.54) is 0 Å². The van der Waals surface area contributed by atoms with Crippen LogP contribution in [0.15, 0.2) is 18.2 Å². The maximum absolute atomic E-state index is 11.3. The highest BCUT2D eigenvalue weighted by molar-refractivity contribution is 5.77. The predicted molar refractivity (Wildman–Crippen MR) is 63.9 cm³/mol. The van der Waals surface area contributed by atoms with Gasteiger partial charge in [-0.3, -0.25) is 4.79 Å². The Morgan fingerprint density at radius 3 is 2.78 bits per heavy atom. The summed E-state index contributed by atoms with van der Waals surface area (Å²) in [5.74, 6) is -0.829. The highest BCUT2D eigenvalue weighted by Crippen LogP contribution is 2.35. The fourth-order valence-electron chi connectivity index (χ4n) is 2.10. The van der Waals surface area contributed by atoms with Crippen molar-refractivity contribution in [2.24, 2.45) is 0 Å². The Bertz CT molecular complexity index is 443. The van der Waals surface area contributed by atoms with Crippen LogP contribution in [0.1, 0.15) is 31.2 Å². The monoisotopic (exact) mass is 252 g/mol. The van der Waals surface area contributed by atoms with Gasteiger partial charge in [-0.1, -0.05) is 19.4 Å². The Morgan fingerprint density at radius 2 is 2.11 bits per heavy atom. The zero-order chi connectivity index (χ0) is 13.1. The normalized spacial score (nSPS) is 16.3. The first kappa shape index (κ1) is 12.7. The lowest BCUT2D eigenvalue weighted by atomic mass is 9.91. The molecule has 1 aliphatic heterocycles. The minimum atomic E-state index is -1.03. The van der Waals surface area contributed by atoms with Gasteiger partial charge in [0.25, 0.3) is 0 Å². The first-order valence-electron chi connectivity index (χ1n) is 5.94. The zero-order valence-electron chi connectivity index (χ0n) is 10.1. The summed E-state index contributed by atoms with van der Waals surface area (Å²) in [7, 11) is 0. The summed E-state index contributed by atoms with van der Waals surface area (Å²) in [5, 5.41) is 19.2. The SMILES string of the molecule is CCCC(O)C(C(=O)O)c1ccc2c(c1)OCO2. The van der Waals surface area contributed by atoms with Crippen LogP contribution in [0.25, 0.3) is 0 Å². The zero-order valence-corrected chi connectivity index (χ0v) is 10.1. The smallest absolute Gasteiger partial charge is 0.313 e. The van der Waals surface area contributed by atoms with E-state index in [1.54, 1.807) is 18.2 Å². The van der Waals surface area contributed by atoms with Crippen LogP contribution in [0.2, 0.25) is 0 Å². The molecule has 1 aromatic carbocycles. The van der Waals surface area contributed by atoms with E-state index in [-0.39, 0.29) is 6.79 Å². The number of aliphatic hydroxyl groups excluding tert-OH is 1. The summed E-state index contributed by atoms with van der Waals surface area (Å²) in [6.45, 7) is 2.05. The second-order valence-electron chi connectivity index (χ2n) is 4.28. The molecule has 0 fully saturated rings. The number of carbonyl (C=O) groups is 1. The maximum Gasteiger partial charge on any atom is 0.313 e. The molecule has 0 aromatic heterocycles. The molecule has 18 heavy (non-hydrogen) atoms. The fraction of sp³-hybridized carbons (Fsp3) is 0.462. The molecule has 98 valence electrons. The molecule has 1 heterocycles. The lowest BCUT2D eigenvalue weighted by Gasteiger charge is -2.19. The number of hydrogen-bond donors (Lipinski definition) is 2. The van der Waals surface area contributed by atoms with Gasteiger partial charge in [-0.05, 0) is 24.1 Å². The second-order valence-corrected chi connectivity index (χ2v) is 4.28. The molecule has 1 aliphatic rings. The molecule has 5 heteroatoms. The van der Waals surface area contributed by atoms with Crippen molar-refractivity contribution in [2.75, 3.05) is 6.79 Å². The van der Waals surface area contributed by atoms with Gasteiger partial charge >= 0.3 is 5.97 Å². The van der Waals surface area contributed by atoms with Crippen LogP contribution < -0.4 is 9.47 Å². The van der Waals surface area contributed by atoms with E-state index in [0.29, 0.717) is 23.5 Å². The molecule has 0 saturated carbocycles. The Hall–Kier alpha value is -1.75. The third-order valence-electron chi connectivity index (χ3n) is 2.99. The lowest BCUT2D eigenvalue weighted by Crippen LogP contribution is -2.25. The minimum Gasteiger partial charge on any atom is -0.481 e. The topological polar surface area (TPSA) is 76.0 Å². The van der Waals surface area contributed by atoms with E-state index >= 15 is 0 Å². The average molecular weight is 252 g/mol. The van der Waals surface area contributed by atoms with E-state index in [2.05, 4.69) is 0 Å². The molecule has 1 aromatic rings. The number of benzene rings is 1. The first-order chi connectivity index (χ1) is 8.63. The van der Waals surface area contributed by atoms with Crippen molar-refractivity contribution >= 4 is 5.97 Å². The molecule has 0 aliphatic carbocycles. The van der Waals surface area contributed by atoms with Crippen LogP contribution >= 0.6 is 0 Å². The van der Waals surface area contributed by atoms with Gasteiger partial charge in [0.05, 0.1) is 6.10 Å². The van der Waals surface area contributed by atoms with Gasteiger partial charge in [0.2, 0.25) is 6.79 Å². The van der Waals surface area contributed by atoms with E-state index < -0.39 is 18.0 Å². The number of hydrogen-bond acceptors (Lipinski definition) is 4. The van der Waals surface area contributed by atoms with Crippen molar-refractivity contribution in [3.8, 4) is 11.5 Å². The summed E-state index contributed by atoms with van der Waals surface area (Å²) < 4.78 is 10.4. The molecule has 2 N–H and O–H groups in total. The number of fused-ring (bicyclic) bond motifs is 1. The highest BCUT2D eigenvalue weighted by atomic mass is 16.7. The molecule has 2 rings (SSSR count). The van der Waals surface area contributed by atoms with Crippen molar-refractivity contribution in [2.45, 2.75) is 31.8 Å². The summed E-state index contributed by atoms with van der Waals surface area (Å²) >= 11 is 0. The Kier molecular flexibility index (Phi) is 3.72. The van der Waals surface area contributed by atoms with Gasteiger partial charge in [-0.25, -0.2) is 0 Å². The molecule has 5 nitrogen and oxygen atoms in total. The maximum atomic E-state index is 11.3. The molecular weight excluding hydrogens is 236 g/mol. The van der Waals surface area contributed by atoms with Crippen molar-refractivity contribution in [1.82, 2.24) is 0 Å². The van der Waals surface area contributed by atoms with Crippen molar-refractivity contribution in [1.29, 1.82) is 0 Å². The Balaban J connectivity index is 2.28. The standard InChI is InChI=1S/C13H16O5/c1-2-3-9(14)12(13(15)16)8-4-5-10-11(6-8)18-7-17-10/h4-6,9,12,14H,2-3,7H2,1H3,(H,15,16). The molecule has 0 saturated heterocycles. The van der Waals surface area contributed by atoms with E-state index in [0.717, 1.165) is 6.42 Å². The van der Waals surface area contributed by atoms with Crippen LogP contribution in [-0.4, -0.2) is 29.1 Å². The largest absolute Gasteiger partial charge is 0.481 e. The lowest BCUT2D eigenvalue weighted by molar-refractivity contribution is -0.141. The number of aliphatic hydroxyl groups is 1. The molecule has 0 amide bonds. The third-order valence-corrected chi connectivity index (χ3v) is 2.99. The summed E-state index contributed by atoms with van der Waals surface area (Å²) in [5.41, 5.74) is 0.535. The Labute approximate surface area is 105 Å². The van der Waals surface area contributed by atoms with Gasteiger partial charge in [0.15, 0.2) is 11.5 Å². The second kappa shape index (κ2) is 5.27. The van der Waals surface area contributed by atoms with Gasteiger partial charge < -0.3 is 19.7 Å². The van der Waals surface area contributed by atoms with E-state index in [1.807, 2.05) is 6.92 Å². The van der Waals surface area contributed by atoms with Crippen LogP contribution in [-0.2, 0) is 4.79 Å². The summed E-state index contributed by atoms with van der Waals surface area (Å²) in [4.78, 5) is 11.3. The molecular formula is C13H16O5. The third kappa shape index (κ3) is 2.41. The van der Waals surface area contributed by atoms with E-state index in [4.69, 9.17) is 9.47 Å². The molecule has 0 spiro atoms. The summed E-state index contributed by atoms with van der Waals surface area (Å²) in [6, 6.07) is 4.96. The summed E-state index contributed by atoms with van der Waals surface area (Å²) in [6.07, 6.45) is 0.286. The fourth-order valence-corrected chi connectivity index (χ4v) is 2.10. The van der Waals surface area contributed by atoms with Crippen molar-refractivity contribution in [3.05, 3.63) is 23.8 Å². The number of aliphatic carboxylic acids is 1. The first-order valence-corrected chi connectivity index (χ1v) is 5.94. The van der Waals surface area contributed by atoms with Crippen LogP contribution in [0, 0.1) is 0 Å². The highest BCUT2D eigenvalue weighted by Gasteiger charge is 2.29. The number of ether oxygens (including phenoxy) is 2.